The van der Waals surface area contributed by atoms with Crippen molar-refractivity contribution in [3.8, 4) is 0 Å². The van der Waals surface area contributed by atoms with E-state index in [-0.39, 0.29) is 19.5 Å². The van der Waals surface area contributed by atoms with Gasteiger partial charge in [0.1, 0.15) is 0 Å². The van der Waals surface area contributed by atoms with Crippen LogP contribution in [0, 0.1) is 13.8 Å². The minimum absolute atomic E-state index is 0. The monoisotopic (exact) mass is 262 g/mol. The molecule has 0 bridgehead atoms. The minimum atomic E-state index is 0. The minimum Gasteiger partial charge on any atom is -0.363 e. The smallest absolute Gasteiger partial charge is 0.363 e. The van der Waals surface area contributed by atoms with Crippen molar-refractivity contribution in [3.05, 3.63) is 41.2 Å². The van der Waals surface area contributed by atoms with Gasteiger partial charge in [0, 0.05) is 0 Å². The average molecular weight is 261 g/mol. The van der Waals surface area contributed by atoms with Crippen molar-refractivity contribution in [2.75, 3.05) is 0 Å². The molecule has 1 rings (SSSR count). The molecule has 1 aromatic heterocycles. The van der Waals surface area contributed by atoms with E-state index >= 15 is 0 Å². The molecule has 0 spiro atoms. The number of aryl methyl sites for hydroxylation is 2. The van der Waals surface area contributed by atoms with Gasteiger partial charge in [-0.25, -0.2) is 0 Å². The molecule has 0 atom stereocenters. The molecular formula is C11H14NRu. The molecule has 1 aromatic rings. The first-order valence-corrected chi connectivity index (χ1v) is 4.14. The van der Waals surface area contributed by atoms with Gasteiger partial charge in [0.25, 0.3) is 0 Å². The van der Waals surface area contributed by atoms with Crippen molar-refractivity contribution < 1.29 is 19.5 Å². The van der Waals surface area contributed by atoms with E-state index in [1.165, 1.54) is 5.56 Å². The third-order valence-electron chi connectivity index (χ3n) is 1.71. The topological polar surface area (TPSA) is 12.9 Å². The van der Waals surface area contributed by atoms with E-state index in [0.29, 0.717) is 0 Å². The molecule has 0 unspecified atom stereocenters. The van der Waals surface area contributed by atoms with E-state index in [9.17, 15) is 0 Å². The van der Waals surface area contributed by atoms with E-state index in [2.05, 4.69) is 17.1 Å². The fraction of sp³-hybridized carbons (Fsp3) is 0.273. The van der Waals surface area contributed by atoms with E-state index in [1.807, 2.05) is 39.0 Å². The summed E-state index contributed by atoms with van der Waals surface area (Å²) in [5.74, 6) is 0. The molecule has 0 saturated heterocycles. The molecule has 1 heterocycles. The van der Waals surface area contributed by atoms with Crippen molar-refractivity contribution in [3.63, 3.8) is 0 Å². The summed E-state index contributed by atoms with van der Waals surface area (Å²) in [5.41, 5.74) is 3.41. The number of nitrogens with zero attached hydrogens (tertiary/aromatic N) is 1. The van der Waals surface area contributed by atoms with Crippen LogP contribution >= 0.6 is 0 Å². The van der Waals surface area contributed by atoms with Crippen molar-refractivity contribution in [2.24, 2.45) is 0 Å². The standard InChI is InChI=1S/C11H14N.Ru/c1-4-5-6-7-11-8-9(2)12-10(11)3;/h4-8H,1-3H3;/q-1;+1. The maximum Gasteiger partial charge on any atom is 1.00 e. The second-order valence-electron chi connectivity index (χ2n) is 2.82. The van der Waals surface area contributed by atoms with Gasteiger partial charge in [-0.3, -0.25) is 0 Å². The quantitative estimate of drug-likeness (QED) is 0.453. The van der Waals surface area contributed by atoms with Crippen molar-refractivity contribution >= 4 is 6.08 Å². The van der Waals surface area contributed by atoms with Crippen LogP contribution in [0.15, 0.2) is 24.3 Å². The van der Waals surface area contributed by atoms with Gasteiger partial charge in [-0.15, -0.1) is 17.7 Å². The van der Waals surface area contributed by atoms with Gasteiger partial charge in [-0.05, 0) is 12.6 Å². The number of hydrogen-bond donors (Lipinski definition) is 0. The summed E-state index contributed by atoms with van der Waals surface area (Å²) in [7, 11) is 0. The van der Waals surface area contributed by atoms with Crippen molar-refractivity contribution in [1.29, 1.82) is 0 Å². The van der Waals surface area contributed by atoms with Crippen molar-refractivity contribution in [2.45, 2.75) is 20.8 Å². The summed E-state index contributed by atoms with van der Waals surface area (Å²) in [6, 6.07) is 2.09. The maximum atomic E-state index is 4.31. The fourth-order valence-corrected chi connectivity index (χ4v) is 1.13. The van der Waals surface area contributed by atoms with Gasteiger partial charge in [0.2, 0.25) is 0 Å². The number of aromatic nitrogens is 1. The molecule has 0 saturated carbocycles. The molecule has 0 aliphatic carbocycles. The van der Waals surface area contributed by atoms with Crippen LogP contribution in [0.25, 0.3) is 6.08 Å². The Morgan fingerprint density at radius 3 is 2.54 bits per heavy atom. The molecular weight excluding hydrogens is 247 g/mol. The second-order valence-corrected chi connectivity index (χ2v) is 2.82. The zero-order valence-corrected chi connectivity index (χ0v) is 9.93. The van der Waals surface area contributed by atoms with E-state index in [1.54, 1.807) is 0 Å². The van der Waals surface area contributed by atoms with Gasteiger partial charge in [0.05, 0.1) is 0 Å². The third kappa shape index (κ3) is 3.73. The van der Waals surface area contributed by atoms with Gasteiger partial charge >= 0.3 is 19.5 Å². The molecule has 0 fully saturated rings. The van der Waals surface area contributed by atoms with Crippen LogP contribution in [-0.4, -0.2) is 4.98 Å². The van der Waals surface area contributed by atoms with Crippen LogP contribution in [0.3, 0.4) is 0 Å². The Bertz CT molecular complexity index is 308. The molecule has 71 valence electrons. The Kier molecular flexibility index (Phi) is 5.65. The van der Waals surface area contributed by atoms with Crippen LogP contribution < -0.4 is 0 Å². The van der Waals surface area contributed by atoms with E-state index in [4.69, 9.17) is 0 Å². The Hall–Kier alpha value is -0.617. The predicted octanol–water partition coefficient (Wildman–Crippen LogP) is 3.00. The first kappa shape index (κ1) is 12.4. The average Bonchev–Trinajstić information content (AvgIpc) is 2.31. The van der Waals surface area contributed by atoms with Crippen LogP contribution in [0.1, 0.15) is 23.9 Å². The molecule has 1 nitrogen and oxygen atoms in total. The fourth-order valence-electron chi connectivity index (χ4n) is 1.13. The Balaban J connectivity index is 0.00000144. The molecule has 0 aliphatic heterocycles. The molecule has 0 aliphatic rings. The van der Waals surface area contributed by atoms with Gasteiger partial charge in [0.15, 0.2) is 0 Å². The summed E-state index contributed by atoms with van der Waals surface area (Å²) in [6.07, 6.45) is 8.13. The zero-order valence-electron chi connectivity index (χ0n) is 8.19. The van der Waals surface area contributed by atoms with Crippen LogP contribution in [0.5, 0.6) is 0 Å². The SMILES string of the molecule is CC=CC=Cc1cc(C)n[c-]1C.[Ru+]. The molecule has 0 amide bonds. The predicted molar refractivity (Wildman–Crippen MR) is 53.2 cm³/mol. The van der Waals surface area contributed by atoms with E-state index in [0.717, 1.165) is 11.4 Å². The largest absolute Gasteiger partial charge is 1.00 e. The number of rotatable bonds is 2. The Labute approximate surface area is 92.7 Å². The number of hydrogen-bond acceptors (Lipinski definition) is 1. The molecule has 13 heavy (non-hydrogen) atoms. The summed E-state index contributed by atoms with van der Waals surface area (Å²) >= 11 is 0. The van der Waals surface area contributed by atoms with Gasteiger partial charge < -0.3 is 4.98 Å². The first-order valence-electron chi connectivity index (χ1n) is 4.14. The van der Waals surface area contributed by atoms with E-state index < -0.39 is 0 Å². The molecule has 2 heteroatoms. The summed E-state index contributed by atoms with van der Waals surface area (Å²) in [4.78, 5) is 4.31. The Morgan fingerprint density at radius 2 is 2.08 bits per heavy atom. The zero-order chi connectivity index (χ0) is 8.97. The third-order valence-corrected chi connectivity index (χ3v) is 1.71. The van der Waals surface area contributed by atoms with Crippen LogP contribution in [0.4, 0.5) is 0 Å². The second kappa shape index (κ2) is 5.93. The summed E-state index contributed by atoms with van der Waals surface area (Å²) < 4.78 is 0. The molecule has 0 N–H and O–H groups in total. The normalized spacial score (nSPS) is 11.0. The summed E-state index contributed by atoms with van der Waals surface area (Å²) in [6.45, 7) is 6.05. The first-order chi connectivity index (χ1) is 5.74. The van der Waals surface area contributed by atoms with Crippen molar-refractivity contribution in [1.82, 2.24) is 4.98 Å². The molecule has 1 radical (unpaired) electrons. The van der Waals surface area contributed by atoms with Gasteiger partial charge in [-0.2, -0.15) is 6.07 Å². The Morgan fingerprint density at radius 1 is 1.38 bits per heavy atom. The maximum absolute atomic E-state index is 4.31. The van der Waals surface area contributed by atoms with Gasteiger partial charge in [-0.1, -0.05) is 31.7 Å². The molecule has 0 aromatic carbocycles. The summed E-state index contributed by atoms with van der Waals surface area (Å²) in [5, 5.41) is 0. The number of allylic oxidation sites excluding steroid dienone is 3. The van der Waals surface area contributed by atoms with Crippen LogP contribution in [-0.2, 0) is 19.5 Å². The van der Waals surface area contributed by atoms with Crippen LogP contribution in [0.2, 0.25) is 0 Å².